The van der Waals surface area contributed by atoms with E-state index < -0.39 is 5.60 Å². The van der Waals surface area contributed by atoms with Crippen molar-refractivity contribution in [2.45, 2.75) is 26.4 Å². The van der Waals surface area contributed by atoms with Crippen LogP contribution in [0.2, 0.25) is 0 Å². The lowest BCUT2D eigenvalue weighted by molar-refractivity contribution is 0.0240. The summed E-state index contributed by atoms with van der Waals surface area (Å²) in [5.41, 5.74) is 2.22. The van der Waals surface area contributed by atoms with Crippen LogP contribution in [0.1, 0.15) is 20.8 Å². The number of benzene rings is 1. The summed E-state index contributed by atoms with van der Waals surface area (Å²) in [5, 5.41) is 13.8. The number of aryl methyl sites for hydroxylation is 1. The van der Waals surface area contributed by atoms with Crippen LogP contribution in [0.5, 0.6) is 0 Å². The van der Waals surface area contributed by atoms with Crippen LogP contribution in [0.15, 0.2) is 30.6 Å². The van der Waals surface area contributed by atoms with Gasteiger partial charge in [-0.05, 0) is 20.8 Å². The van der Waals surface area contributed by atoms with E-state index in [0.717, 1.165) is 22.2 Å². The van der Waals surface area contributed by atoms with Crippen LogP contribution in [0.4, 0.5) is 10.7 Å². The molecule has 1 amide bonds. The zero-order chi connectivity index (χ0) is 20.6. The molecule has 1 aliphatic heterocycles. The van der Waals surface area contributed by atoms with E-state index in [-0.39, 0.29) is 6.09 Å². The summed E-state index contributed by atoms with van der Waals surface area (Å²) in [5.74, 6) is 0.561. The van der Waals surface area contributed by atoms with Crippen LogP contribution < -0.4 is 4.90 Å². The first-order valence-electron chi connectivity index (χ1n) is 9.65. The van der Waals surface area contributed by atoms with Crippen molar-refractivity contribution >= 4 is 22.9 Å². The average Bonchev–Trinajstić information content (AvgIpc) is 3.08. The van der Waals surface area contributed by atoms with E-state index in [9.17, 15) is 4.79 Å². The maximum Gasteiger partial charge on any atom is 0.410 e. The first kappa shape index (κ1) is 19.1. The molecule has 0 aliphatic carbocycles. The molecule has 3 heterocycles. The Balaban J connectivity index is 1.52. The largest absolute Gasteiger partial charge is 0.444 e. The maximum atomic E-state index is 12.3. The fourth-order valence-electron chi connectivity index (χ4n) is 3.41. The summed E-state index contributed by atoms with van der Waals surface area (Å²) in [4.78, 5) is 20.8. The highest BCUT2D eigenvalue weighted by Gasteiger charge is 2.27. The summed E-state index contributed by atoms with van der Waals surface area (Å²) < 4.78 is 7.30. The second-order valence-corrected chi connectivity index (χ2v) is 8.11. The minimum absolute atomic E-state index is 0.284. The van der Waals surface area contributed by atoms with Gasteiger partial charge < -0.3 is 14.5 Å². The molecule has 2 aromatic heterocycles. The van der Waals surface area contributed by atoms with Gasteiger partial charge in [0, 0.05) is 44.2 Å². The number of carbonyl (C=O) groups is 1. The minimum Gasteiger partial charge on any atom is -0.444 e. The number of fused-ring (bicyclic) bond motifs is 1. The van der Waals surface area contributed by atoms with Crippen molar-refractivity contribution in [3.63, 3.8) is 0 Å². The van der Waals surface area contributed by atoms with Crippen molar-refractivity contribution in [1.29, 1.82) is 0 Å². The molecule has 1 aromatic carbocycles. The number of amides is 1. The van der Waals surface area contributed by atoms with Gasteiger partial charge in [-0.25, -0.2) is 9.78 Å². The second-order valence-electron chi connectivity index (χ2n) is 8.11. The van der Waals surface area contributed by atoms with Gasteiger partial charge in [-0.15, -0.1) is 5.10 Å². The van der Waals surface area contributed by atoms with Gasteiger partial charge in [0.15, 0.2) is 0 Å². The van der Waals surface area contributed by atoms with E-state index in [1.807, 2.05) is 61.8 Å². The quantitative estimate of drug-likeness (QED) is 0.658. The Morgan fingerprint density at radius 3 is 2.59 bits per heavy atom. The molecule has 29 heavy (non-hydrogen) atoms. The van der Waals surface area contributed by atoms with Gasteiger partial charge in [-0.3, -0.25) is 4.68 Å². The van der Waals surface area contributed by atoms with Crippen molar-refractivity contribution < 1.29 is 9.53 Å². The molecule has 1 fully saturated rings. The van der Waals surface area contributed by atoms with Crippen LogP contribution in [-0.2, 0) is 11.8 Å². The molecule has 0 atom stereocenters. The maximum absolute atomic E-state index is 12.3. The predicted octanol–water partition coefficient (Wildman–Crippen LogP) is 2.48. The summed E-state index contributed by atoms with van der Waals surface area (Å²) in [6.45, 7) is 7.97. The van der Waals surface area contributed by atoms with Gasteiger partial charge in [0.1, 0.15) is 5.60 Å². The highest BCUT2D eigenvalue weighted by Crippen LogP contribution is 2.27. The molecule has 0 bridgehead atoms. The summed E-state index contributed by atoms with van der Waals surface area (Å²) >= 11 is 0. The normalized spacial score (nSPS) is 15.0. The number of anilines is 1. The number of para-hydroxylation sites is 1. The lowest BCUT2D eigenvalue weighted by Crippen LogP contribution is -2.50. The van der Waals surface area contributed by atoms with Crippen LogP contribution in [0.25, 0.3) is 22.2 Å². The average molecular weight is 395 g/mol. The lowest BCUT2D eigenvalue weighted by atomic mass is 10.1. The van der Waals surface area contributed by atoms with Crippen LogP contribution in [0.3, 0.4) is 0 Å². The van der Waals surface area contributed by atoms with Gasteiger partial charge in [0.2, 0.25) is 5.95 Å². The van der Waals surface area contributed by atoms with Crippen molar-refractivity contribution in [2.24, 2.45) is 7.05 Å². The van der Waals surface area contributed by atoms with Gasteiger partial charge in [-0.1, -0.05) is 18.2 Å². The Hall–Kier alpha value is -3.23. The summed E-state index contributed by atoms with van der Waals surface area (Å²) in [7, 11) is 1.91. The van der Waals surface area contributed by atoms with Crippen molar-refractivity contribution in [3.8, 4) is 11.3 Å². The number of aromatic nitrogens is 5. The molecule has 0 unspecified atom stereocenters. The zero-order valence-electron chi connectivity index (χ0n) is 17.2. The van der Waals surface area contributed by atoms with Crippen molar-refractivity contribution in [2.75, 3.05) is 31.1 Å². The standard InChI is InChI=1S/C20H25N7O2/c1-20(2,3)29-19(28)27-10-8-26(9-11-27)18-23-16(13-21-24-18)15-7-5-6-14-12-22-25(4)17(14)15/h5-7,12-13H,8-11H2,1-4H3. The summed E-state index contributed by atoms with van der Waals surface area (Å²) in [6.07, 6.45) is 3.22. The molecule has 152 valence electrons. The minimum atomic E-state index is -0.498. The molecular weight excluding hydrogens is 370 g/mol. The van der Waals surface area contributed by atoms with E-state index in [1.165, 1.54) is 0 Å². The lowest BCUT2D eigenvalue weighted by Gasteiger charge is -2.35. The molecule has 0 saturated carbocycles. The summed E-state index contributed by atoms with van der Waals surface area (Å²) in [6, 6.07) is 6.02. The number of rotatable bonds is 2. The number of carbonyl (C=O) groups excluding carboxylic acids is 1. The SMILES string of the molecule is Cn1ncc2cccc(-c3cnnc(N4CCN(C(=O)OC(C)(C)C)CC4)n3)c21. The Morgan fingerprint density at radius 2 is 1.86 bits per heavy atom. The van der Waals surface area contributed by atoms with E-state index in [1.54, 1.807) is 11.1 Å². The molecule has 9 nitrogen and oxygen atoms in total. The van der Waals surface area contributed by atoms with Gasteiger partial charge >= 0.3 is 6.09 Å². The Labute approximate surface area is 169 Å². The Bertz CT molecular complexity index is 1030. The Morgan fingerprint density at radius 1 is 1.10 bits per heavy atom. The van der Waals surface area contributed by atoms with Crippen LogP contribution in [-0.4, -0.2) is 67.7 Å². The highest BCUT2D eigenvalue weighted by atomic mass is 16.6. The topological polar surface area (TPSA) is 89.3 Å². The molecule has 1 aliphatic rings. The second kappa shape index (κ2) is 7.31. The van der Waals surface area contributed by atoms with Crippen molar-refractivity contribution in [3.05, 3.63) is 30.6 Å². The number of hydrogen-bond donors (Lipinski definition) is 0. The van der Waals surface area contributed by atoms with Crippen LogP contribution in [0, 0.1) is 0 Å². The third-order valence-corrected chi connectivity index (χ3v) is 4.80. The van der Waals surface area contributed by atoms with Gasteiger partial charge in [0.05, 0.1) is 23.6 Å². The molecule has 3 aromatic rings. The van der Waals surface area contributed by atoms with E-state index >= 15 is 0 Å². The number of hydrogen-bond acceptors (Lipinski definition) is 7. The number of nitrogens with zero attached hydrogens (tertiary/aromatic N) is 7. The fraction of sp³-hybridized carbons (Fsp3) is 0.450. The van der Waals surface area contributed by atoms with Crippen molar-refractivity contribution in [1.82, 2.24) is 29.9 Å². The fourth-order valence-corrected chi connectivity index (χ4v) is 3.41. The molecular formula is C20H25N7O2. The van der Waals surface area contributed by atoms with E-state index in [2.05, 4.69) is 15.3 Å². The van der Waals surface area contributed by atoms with E-state index in [0.29, 0.717) is 32.1 Å². The monoisotopic (exact) mass is 395 g/mol. The Kier molecular flexibility index (Phi) is 4.81. The third-order valence-electron chi connectivity index (χ3n) is 4.80. The molecule has 0 radical (unpaired) electrons. The molecule has 0 N–H and O–H groups in total. The molecule has 0 spiro atoms. The third kappa shape index (κ3) is 3.98. The smallest absolute Gasteiger partial charge is 0.410 e. The number of ether oxygens (including phenoxy) is 1. The highest BCUT2D eigenvalue weighted by molar-refractivity contribution is 5.92. The van der Waals surface area contributed by atoms with Gasteiger partial charge in [0.25, 0.3) is 0 Å². The van der Waals surface area contributed by atoms with Gasteiger partial charge in [-0.2, -0.15) is 10.2 Å². The predicted molar refractivity (Wildman–Crippen MR) is 110 cm³/mol. The first-order chi connectivity index (χ1) is 13.8. The first-order valence-corrected chi connectivity index (χ1v) is 9.65. The molecule has 9 heteroatoms. The van der Waals surface area contributed by atoms with Crippen LogP contribution >= 0.6 is 0 Å². The number of piperazine rings is 1. The zero-order valence-corrected chi connectivity index (χ0v) is 17.2. The molecule has 1 saturated heterocycles. The molecule has 4 rings (SSSR count). The van der Waals surface area contributed by atoms with E-state index in [4.69, 9.17) is 9.72 Å².